The van der Waals surface area contributed by atoms with Crippen LogP contribution in [0, 0.1) is 6.92 Å². The van der Waals surface area contributed by atoms with Crippen molar-refractivity contribution in [3.63, 3.8) is 0 Å². The fraction of sp³-hybridized carbons (Fsp3) is 0.185. The van der Waals surface area contributed by atoms with E-state index in [0.717, 1.165) is 34.9 Å². The van der Waals surface area contributed by atoms with Crippen LogP contribution in [-0.4, -0.2) is 17.3 Å². The molecule has 3 heteroatoms. The van der Waals surface area contributed by atoms with Crippen molar-refractivity contribution < 1.29 is 4.79 Å². The van der Waals surface area contributed by atoms with Gasteiger partial charge in [0.15, 0.2) is 5.78 Å². The molecular formula is C27H24N2O. The number of carbonyl (C=O) groups excluding carboxylic acids is 1. The second-order valence-electron chi connectivity index (χ2n) is 8.04. The van der Waals surface area contributed by atoms with E-state index in [1.54, 1.807) is 6.20 Å². The fourth-order valence-electron chi connectivity index (χ4n) is 4.55. The molecule has 0 radical (unpaired) electrons. The van der Waals surface area contributed by atoms with Crippen molar-refractivity contribution in [3.8, 4) is 0 Å². The lowest BCUT2D eigenvalue weighted by atomic mass is 9.93. The number of fused-ring (bicyclic) bond motifs is 2. The molecule has 1 aliphatic rings. The summed E-state index contributed by atoms with van der Waals surface area (Å²) in [6.07, 6.45) is 5.03. The third-order valence-corrected chi connectivity index (χ3v) is 6.07. The summed E-state index contributed by atoms with van der Waals surface area (Å²) >= 11 is 0. The van der Waals surface area contributed by atoms with Crippen LogP contribution in [0.1, 0.15) is 28.3 Å². The summed E-state index contributed by atoms with van der Waals surface area (Å²) in [6.45, 7) is 2.94. The molecule has 148 valence electrons. The quantitative estimate of drug-likeness (QED) is 0.452. The van der Waals surface area contributed by atoms with Crippen LogP contribution in [0.25, 0.3) is 10.8 Å². The summed E-state index contributed by atoms with van der Waals surface area (Å²) in [5, 5.41) is 2.17. The molecule has 2 heterocycles. The standard InChI is InChI=1S/C27H24N2O/c1-19-9-11-21(12-10-19)27(29-16-14-20-5-2-3-8-25(20)29)26(30)17-22-6-4-7-23-18-28-15-13-24(22)23/h2-13,15,18,27H,14,16-17H2,1H3. The lowest BCUT2D eigenvalue weighted by molar-refractivity contribution is -0.119. The predicted octanol–water partition coefficient (Wildman–Crippen LogP) is 5.46. The van der Waals surface area contributed by atoms with Gasteiger partial charge in [0.2, 0.25) is 0 Å². The molecule has 3 aromatic carbocycles. The lowest BCUT2D eigenvalue weighted by Gasteiger charge is -2.30. The minimum absolute atomic E-state index is 0.222. The van der Waals surface area contributed by atoms with E-state index in [2.05, 4.69) is 71.4 Å². The summed E-state index contributed by atoms with van der Waals surface area (Å²) in [4.78, 5) is 20.3. The Balaban J connectivity index is 1.55. The number of pyridine rings is 1. The van der Waals surface area contributed by atoms with Crippen molar-refractivity contribution in [3.05, 3.63) is 107 Å². The average molecular weight is 393 g/mol. The molecule has 0 N–H and O–H groups in total. The Hall–Kier alpha value is -3.46. The van der Waals surface area contributed by atoms with E-state index in [9.17, 15) is 4.79 Å². The molecule has 1 unspecified atom stereocenters. The maximum atomic E-state index is 13.8. The van der Waals surface area contributed by atoms with Gasteiger partial charge < -0.3 is 4.90 Å². The van der Waals surface area contributed by atoms with Crippen LogP contribution in [0.5, 0.6) is 0 Å². The highest BCUT2D eigenvalue weighted by Gasteiger charge is 2.32. The zero-order valence-corrected chi connectivity index (χ0v) is 17.1. The Kier molecular flexibility index (Phi) is 4.80. The molecule has 1 aromatic heterocycles. The molecule has 4 aromatic rings. The Bertz CT molecular complexity index is 1210. The van der Waals surface area contributed by atoms with Gasteiger partial charge in [-0.05, 0) is 47.6 Å². The number of ketones is 1. The Morgan fingerprint density at radius 3 is 2.70 bits per heavy atom. The number of nitrogens with zero attached hydrogens (tertiary/aromatic N) is 2. The number of rotatable bonds is 5. The van der Waals surface area contributed by atoms with E-state index in [1.165, 1.54) is 16.8 Å². The summed E-state index contributed by atoms with van der Waals surface area (Å²) in [5.74, 6) is 0.222. The molecule has 0 saturated heterocycles. The third kappa shape index (κ3) is 3.37. The molecule has 5 rings (SSSR count). The lowest BCUT2D eigenvalue weighted by Crippen LogP contribution is -2.34. The van der Waals surface area contributed by atoms with Crippen LogP contribution in [0.15, 0.2) is 85.2 Å². The normalized spacial score (nSPS) is 14.0. The number of aromatic nitrogens is 1. The minimum Gasteiger partial charge on any atom is -0.357 e. The van der Waals surface area contributed by atoms with E-state index in [-0.39, 0.29) is 11.8 Å². The topological polar surface area (TPSA) is 33.2 Å². The van der Waals surface area contributed by atoms with E-state index in [0.29, 0.717) is 6.42 Å². The van der Waals surface area contributed by atoms with Crippen LogP contribution >= 0.6 is 0 Å². The van der Waals surface area contributed by atoms with Crippen molar-refractivity contribution in [2.24, 2.45) is 0 Å². The van der Waals surface area contributed by atoms with Crippen LogP contribution < -0.4 is 4.90 Å². The van der Waals surface area contributed by atoms with Crippen molar-refractivity contribution in [1.29, 1.82) is 0 Å². The summed E-state index contributed by atoms with van der Waals surface area (Å²) in [5.41, 5.74) is 5.82. The van der Waals surface area contributed by atoms with E-state index in [1.807, 2.05) is 24.4 Å². The highest BCUT2D eigenvalue weighted by Crippen LogP contribution is 2.36. The van der Waals surface area contributed by atoms with Crippen LogP contribution in [-0.2, 0) is 17.6 Å². The number of anilines is 1. The van der Waals surface area contributed by atoms with Crippen LogP contribution in [0.4, 0.5) is 5.69 Å². The third-order valence-electron chi connectivity index (χ3n) is 6.07. The fourth-order valence-corrected chi connectivity index (χ4v) is 4.55. The van der Waals surface area contributed by atoms with Gasteiger partial charge in [-0.15, -0.1) is 0 Å². The predicted molar refractivity (Wildman–Crippen MR) is 122 cm³/mol. The largest absolute Gasteiger partial charge is 0.357 e. The van der Waals surface area contributed by atoms with Gasteiger partial charge in [0.25, 0.3) is 0 Å². The SMILES string of the molecule is Cc1ccc(C(C(=O)Cc2cccc3cnccc23)N2CCc3ccccc32)cc1. The maximum Gasteiger partial charge on any atom is 0.164 e. The number of carbonyl (C=O) groups is 1. The molecule has 0 amide bonds. The van der Waals surface area contributed by atoms with E-state index >= 15 is 0 Å². The van der Waals surface area contributed by atoms with Crippen molar-refractivity contribution in [2.75, 3.05) is 11.4 Å². The van der Waals surface area contributed by atoms with Gasteiger partial charge in [0, 0.05) is 36.4 Å². The first kappa shape index (κ1) is 18.6. The zero-order valence-electron chi connectivity index (χ0n) is 17.1. The first-order valence-electron chi connectivity index (χ1n) is 10.5. The second kappa shape index (κ2) is 7.75. The highest BCUT2D eigenvalue weighted by molar-refractivity contribution is 5.95. The molecular weight excluding hydrogens is 368 g/mol. The number of para-hydroxylation sites is 1. The zero-order chi connectivity index (χ0) is 20.5. The van der Waals surface area contributed by atoms with Gasteiger partial charge in [-0.3, -0.25) is 9.78 Å². The Morgan fingerprint density at radius 1 is 1.00 bits per heavy atom. The number of benzene rings is 3. The van der Waals surface area contributed by atoms with Crippen molar-refractivity contribution >= 4 is 22.2 Å². The van der Waals surface area contributed by atoms with Gasteiger partial charge in [-0.25, -0.2) is 0 Å². The molecule has 3 nitrogen and oxygen atoms in total. The summed E-state index contributed by atoms with van der Waals surface area (Å²) in [6, 6.07) is 24.7. The number of Topliss-reactive ketones (excluding diaryl/α,β-unsaturated/α-hetero) is 1. The van der Waals surface area contributed by atoms with Gasteiger partial charge in [0.1, 0.15) is 6.04 Å². The van der Waals surface area contributed by atoms with Gasteiger partial charge in [-0.1, -0.05) is 66.2 Å². The summed E-state index contributed by atoms with van der Waals surface area (Å²) < 4.78 is 0. The van der Waals surface area contributed by atoms with Crippen molar-refractivity contribution in [1.82, 2.24) is 4.98 Å². The molecule has 1 aliphatic heterocycles. The molecule has 0 saturated carbocycles. The van der Waals surface area contributed by atoms with E-state index in [4.69, 9.17) is 0 Å². The Labute approximate surface area is 177 Å². The molecule has 0 fully saturated rings. The number of hydrogen-bond acceptors (Lipinski definition) is 3. The monoisotopic (exact) mass is 392 g/mol. The first-order valence-corrected chi connectivity index (χ1v) is 10.5. The van der Waals surface area contributed by atoms with Gasteiger partial charge >= 0.3 is 0 Å². The Morgan fingerprint density at radius 2 is 1.83 bits per heavy atom. The van der Waals surface area contributed by atoms with Crippen molar-refractivity contribution in [2.45, 2.75) is 25.8 Å². The number of hydrogen-bond donors (Lipinski definition) is 0. The summed E-state index contributed by atoms with van der Waals surface area (Å²) in [7, 11) is 0. The first-order chi connectivity index (χ1) is 14.7. The van der Waals surface area contributed by atoms with Gasteiger partial charge in [0.05, 0.1) is 0 Å². The second-order valence-corrected chi connectivity index (χ2v) is 8.04. The molecule has 0 spiro atoms. The van der Waals surface area contributed by atoms with Gasteiger partial charge in [-0.2, -0.15) is 0 Å². The molecule has 1 atom stereocenters. The average Bonchev–Trinajstić information content (AvgIpc) is 3.19. The van der Waals surface area contributed by atoms with E-state index < -0.39 is 0 Å². The molecule has 0 bridgehead atoms. The smallest absolute Gasteiger partial charge is 0.164 e. The molecule has 0 aliphatic carbocycles. The minimum atomic E-state index is -0.286. The molecule has 30 heavy (non-hydrogen) atoms. The maximum absolute atomic E-state index is 13.8. The number of aryl methyl sites for hydroxylation is 1. The van der Waals surface area contributed by atoms with Crippen LogP contribution in [0.3, 0.4) is 0 Å². The highest BCUT2D eigenvalue weighted by atomic mass is 16.1. The van der Waals surface area contributed by atoms with Crippen LogP contribution in [0.2, 0.25) is 0 Å².